The molecule has 0 aliphatic heterocycles. The Kier molecular flexibility index (Phi) is 3.89. The van der Waals surface area contributed by atoms with Crippen LogP contribution in [0, 0.1) is 0 Å². The predicted octanol–water partition coefficient (Wildman–Crippen LogP) is 2.98. The molecule has 3 heterocycles. The number of anilines is 1. The van der Waals surface area contributed by atoms with Crippen molar-refractivity contribution in [3.8, 4) is 5.82 Å². The first-order chi connectivity index (χ1) is 10.5. The number of amides is 1. The number of rotatable bonds is 4. The van der Waals surface area contributed by atoms with E-state index < -0.39 is 0 Å². The molecule has 1 amide bonds. The number of pyridine rings is 1. The second-order valence-corrected chi connectivity index (χ2v) is 6.88. The van der Waals surface area contributed by atoms with Crippen LogP contribution in [-0.2, 0) is 4.79 Å². The number of nitrogens with one attached hydrogen (secondary N) is 1. The lowest BCUT2D eigenvalue weighted by Crippen LogP contribution is -2.04. The summed E-state index contributed by atoms with van der Waals surface area (Å²) in [6.07, 6.45) is 7.21. The molecule has 0 aliphatic carbocycles. The maximum absolute atomic E-state index is 11.1. The summed E-state index contributed by atoms with van der Waals surface area (Å²) in [6.45, 7) is 5.80. The minimum Gasteiger partial charge on any atom is -0.324 e. The fraction of sp³-hybridized carbons (Fsp3) is 0.267. The van der Waals surface area contributed by atoms with E-state index in [0.29, 0.717) is 10.9 Å². The molecular formula is C15H17N5OS. The minimum absolute atomic E-state index is 0.117. The third-order valence-electron chi connectivity index (χ3n) is 2.97. The third-order valence-corrected chi connectivity index (χ3v) is 3.95. The standard InChI is InChI=1S/C15H17N5OS/c1-10(2)22-13-4-5-14-16-7-15(19(14)9-13)20-8-12(6-17-20)18-11(3)21/h4-10H,1-3H3,(H,18,21). The van der Waals surface area contributed by atoms with Crippen molar-refractivity contribution in [2.75, 3.05) is 5.32 Å². The molecule has 0 radical (unpaired) electrons. The maximum Gasteiger partial charge on any atom is 0.221 e. The van der Waals surface area contributed by atoms with Gasteiger partial charge < -0.3 is 5.32 Å². The minimum atomic E-state index is -0.117. The predicted molar refractivity (Wildman–Crippen MR) is 87.6 cm³/mol. The van der Waals surface area contributed by atoms with Crippen LogP contribution in [0.5, 0.6) is 0 Å². The van der Waals surface area contributed by atoms with E-state index in [0.717, 1.165) is 11.5 Å². The molecule has 0 atom stereocenters. The molecule has 7 heteroatoms. The number of imidazole rings is 1. The molecule has 0 aromatic carbocycles. The second kappa shape index (κ2) is 5.84. The van der Waals surface area contributed by atoms with E-state index in [2.05, 4.69) is 41.5 Å². The zero-order chi connectivity index (χ0) is 15.7. The summed E-state index contributed by atoms with van der Waals surface area (Å²) in [5, 5.41) is 7.52. The van der Waals surface area contributed by atoms with Gasteiger partial charge in [-0.1, -0.05) is 13.8 Å². The second-order valence-electron chi connectivity index (χ2n) is 5.23. The van der Waals surface area contributed by atoms with Crippen molar-refractivity contribution >= 4 is 29.0 Å². The lowest BCUT2D eigenvalue weighted by Gasteiger charge is -2.07. The molecule has 0 bridgehead atoms. The number of aromatic nitrogens is 4. The van der Waals surface area contributed by atoms with Crippen LogP contribution in [-0.4, -0.2) is 30.3 Å². The van der Waals surface area contributed by atoms with Crippen molar-refractivity contribution < 1.29 is 4.79 Å². The number of nitrogens with zero attached hydrogens (tertiary/aromatic N) is 4. The largest absolute Gasteiger partial charge is 0.324 e. The van der Waals surface area contributed by atoms with Gasteiger partial charge in [-0.2, -0.15) is 5.10 Å². The summed E-state index contributed by atoms with van der Waals surface area (Å²) < 4.78 is 3.70. The van der Waals surface area contributed by atoms with E-state index in [1.807, 2.05) is 10.5 Å². The fourth-order valence-corrected chi connectivity index (χ4v) is 3.03. The van der Waals surface area contributed by atoms with Crippen molar-refractivity contribution in [1.82, 2.24) is 19.2 Å². The summed E-state index contributed by atoms with van der Waals surface area (Å²) >= 11 is 1.80. The van der Waals surface area contributed by atoms with Crippen molar-refractivity contribution in [2.45, 2.75) is 30.9 Å². The average molecular weight is 315 g/mol. The molecular weight excluding hydrogens is 298 g/mol. The Hall–Kier alpha value is -2.28. The van der Waals surface area contributed by atoms with E-state index in [9.17, 15) is 4.79 Å². The van der Waals surface area contributed by atoms with Crippen molar-refractivity contribution in [1.29, 1.82) is 0 Å². The van der Waals surface area contributed by atoms with Gasteiger partial charge >= 0.3 is 0 Å². The molecule has 22 heavy (non-hydrogen) atoms. The lowest BCUT2D eigenvalue weighted by molar-refractivity contribution is -0.114. The van der Waals surface area contributed by atoms with Gasteiger partial charge in [-0.15, -0.1) is 11.8 Å². The van der Waals surface area contributed by atoms with Crippen LogP contribution in [0.15, 0.2) is 41.8 Å². The fourth-order valence-electron chi connectivity index (χ4n) is 2.18. The normalized spacial score (nSPS) is 11.3. The van der Waals surface area contributed by atoms with Crippen LogP contribution in [0.4, 0.5) is 5.69 Å². The quantitative estimate of drug-likeness (QED) is 0.752. The van der Waals surface area contributed by atoms with Crippen LogP contribution in [0.3, 0.4) is 0 Å². The van der Waals surface area contributed by atoms with Gasteiger partial charge in [0.1, 0.15) is 5.65 Å². The molecule has 0 saturated heterocycles. The summed E-state index contributed by atoms with van der Waals surface area (Å²) in [6, 6.07) is 4.06. The number of fused-ring (bicyclic) bond motifs is 1. The summed E-state index contributed by atoms with van der Waals surface area (Å²) in [7, 11) is 0. The first-order valence-electron chi connectivity index (χ1n) is 6.99. The van der Waals surface area contributed by atoms with Gasteiger partial charge in [-0.05, 0) is 12.1 Å². The SMILES string of the molecule is CC(=O)Nc1cnn(-c2cnc3ccc(SC(C)C)cn23)c1. The molecule has 3 aromatic rings. The smallest absolute Gasteiger partial charge is 0.221 e. The first kappa shape index (κ1) is 14.6. The number of hydrogen-bond donors (Lipinski definition) is 1. The molecule has 114 valence electrons. The van der Waals surface area contributed by atoms with Gasteiger partial charge in [-0.3, -0.25) is 9.20 Å². The highest BCUT2D eigenvalue weighted by Gasteiger charge is 2.09. The van der Waals surface area contributed by atoms with Crippen LogP contribution < -0.4 is 5.32 Å². The molecule has 3 rings (SSSR count). The summed E-state index contributed by atoms with van der Waals surface area (Å²) in [5.41, 5.74) is 1.52. The zero-order valence-electron chi connectivity index (χ0n) is 12.6. The van der Waals surface area contributed by atoms with Gasteiger partial charge in [0.15, 0.2) is 5.82 Å². The molecule has 3 aromatic heterocycles. The van der Waals surface area contributed by atoms with Crippen molar-refractivity contribution in [2.24, 2.45) is 0 Å². The molecule has 0 aliphatic rings. The Balaban J connectivity index is 1.99. The third kappa shape index (κ3) is 2.99. The van der Waals surface area contributed by atoms with Gasteiger partial charge in [0.25, 0.3) is 0 Å². The molecule has 0 fully saturated rings. The number of thioether (sulfide) groups is 1. The topological polar surface area (TPSA) is 64.2 Å². The average Bonchev–Trinajstić information content (AvgIpc) is 3.03. The summed E-state index contributed by atoms with van der Waals surface area (Å²) in [5.74, 6) is 0.714. The number of hydrogen-bond acceptors (Lipinski definition) is 4. The van der Waals surface area contributed by atoms with E-state index in [-0.39, 0.29) is 5.91 Å². The molecule has 6 nitrogen and oxygen atoms in total. The van der Waals surface area contributed by atoms with Crippen molar-refractivity contribution in [3.05, 3.63) is 36.9 Å². The van der Waals surface area contributed by atoms with Gasteiger partial charge in [0, 0.05) is 23.3 Å². The van der Waals surface area contributed by atoms with E-state index in [1.165, 1.54) is 11.8 Å². The lowest BCUT2D eigenvalue weighted by atomic mass is 10.5. The van der Waals surface area contributed by atoms with E-state index in [4.69, 9.17) is 0 Å². The molecule has 1 N–H and O–H groups in total. The van der Waals surface area contributed by atoms with Gasteiger partial charge in [-0.25, -0.2) is 9.67 Å². The monoisotopic (exact) mass is 315 g/mol. The maximum atomic E-state index is 11.1. The highest BCUT2D eigenvalue weighted by molar-refractivity contribution is 7.99. The highest BCUT2D eigenvalue weighted by atomic mass is 32.2. The first-order valence-corrected chi connectivity index (χ1v) is 7.87. The van der Waals surface area contributed by atoms with Crippen LogP contribution >= 0.6 is 11.8 Å². The van der Waals surface area contributed by atoms with Crippen LogP contribution in [0.2, 0.25) is 0 Å². The van der Waals surface area contributed by atoms with Gasteiger partial charge in [0.05, 0.1) is 24.3 Å². The van der Waals surface area contributed by atoms with E-state index in [1.54, 1.807) is 35.0 Å². The molecule has 0 spiro atoms. The summed E-state index contributed by atoms with van der Waals surface area (Å²) in [4.78, 5) is 16.7. The Labute approximate surface area is 132 Å². The number of carbonyl (C=O) groups is 1. The van der Waals surface area contributed by atoms with Crippen LogP contribution in [0.25, 0.3) is 11.5 Å². The Morgan fingerprint density at radius 1 is 1.27 bits per heavy atom. The van der Waals surface area contributed by atoms with Crippen LogP contribution in [0.1, 0.15) is 20.8 Å². The zero-order valence-corrected chi connectivity index (χ0v) is 13.5. The molecule has 0 unspecified atom stereocenters. The number of carbonyl (C=O) groups excluding carboxylic acids is 1. The Bertz CT molecular complexity index is 820. The Morgan fingerprint density at radius 2 is 2.09 bits per heavy atom. The van der Waals surface area contributed by atoms with Crippen molar-refractivity contribution in [3.63, 3.8) is 0 Å². The highest BCUT2D eigenvalue weighted by Crippen LogP contribution is 2.24. The van der Waals surface area contributed by atoms with E-state index >= 15 is 0 Å². The molecule has 0 saturated carbocycles. The van der Waals surface area contributed by atoms with Gasteiger partial charge in [0.2, 0.25) is 5.91 Å². The Morgan fingerprint density at radius 3 is 2.82 bits per heavy atom.